The summed E-state index contributed by atoms with van der Waals surface area (Å²) >= 11 is 3.41. The molecule has 0 N–H and O–H groups in total. The average molecular weight is 332 g/mol. The van der Waals surface area contributed by atoms with Crippen LogP contribution in [0.1, 0.15) is 15.9 Å². The number of halogens is 1. The Morgan fingerprint density at radius 2 is 2.05 bits per heavy atom. The van der Waals surface area contributed by atoms with Gasteiger partial charge < -0.3 is 9.64 Å². The predicted octanol–water partition coefficient (Wildman–Crippen LogP) is 3.66. The van der Waals surface area contributed by atoms with Gasteiger partial charge in [0.1, 0.15) is 5.75 Å². The second-order valence-electron chi connectivity index (χ2n) is 4.68. The second kappa shape index (κ2) is 5.29. The van der Waals surface area contributed by atoms with Gasteiger partial charge in [0.2, 0.25) is 0 Å². The van der Waals surface area contributed by atoms with Crippen LogP contribution in [-0.2, 0) is 6.42 Å². The molecule has 0 atom stereocenters. The molecule has 0 aliphatic carbocycles. The summed E-state index contributed by atoms with van der Waals surface area (Å²) in [6, 6.07) is 13.5. The Kier molecular flexibility index (Phi) is 3.49. The van der Waals surface area contributed by atoms with Crippen LogP contribution in [0.3, 0.4) is 0 Å². The largest absolute Gasteiger partial charge is 0.496 e. The van der Waals surface area contributed by atoms with E-state index in [9.17, 15) is 4.79 Å². The molecule has 0 spiro atoms. The van der Waals surface area contributed by atoms with Gasteiger partial charge in [-0.05, 0) is 36.2 Å². The smallest absolute Gasteiger partial charge is 0.262 e. The molecule has 1 amide bonds. The molecule has 3 rings (SSSR count). The van der Waals surface area contributed by atoms with Crippen LogP contribution in [0.2, 0.25) is 0 Å². The lowest BCUT2D eigenvalue weighted by Crippen LogP contribution is -2.29. The summed E-state index contributed by atoms with van der Waals surface area (Å²) in [6.45, 7) is 0.716. The molecule has 0 bridgehead atoms. The third kappa shape index (κ3) is 2.20. The predicted molar refractivity (Wildman–Crippen MR) is 82.5 cm³/mol. The molecule has 2 aromatic carbocycles. The molecular formula is C16H14BrNO2. The number of methoxy groups -OCH3 is 1. The Balaban J connectivity index is 2.00. The van der Waals surface area contributed by atoms with E-state index < -0.39 is 0 Å². The first-order valence-electron chi connectivity index (χ1n) is 6.44. The summed E-state index contributed by atoms with van der Waals surface area (Å²) in [5.41, 5.74) is 2.80. The number of anilines is 1. The van der Waals surface area contributed by atoms with Gasteiger partial charge in [-0.15, -0.1) is 0 Å². The van der Waals surface area contributed by atoms with E-state index in [0.717, 1.165) is 16.6 Å². The van der Waals surface area contributed by atoms with Crippen molar-refractivity contribution < 1.29 is 9.53 Å². The molecule has 2 aromatic rings. The number of carbonyl (C=O) groups is 1. The molecule has 0 unspecified atom stereocenters. The van der Waals surface area contributed by atoms with Crippen molar-refractivity contribution >= 4 is 27.5 Å². The van der Waals surface area contributed by atoms with E-state index in [1.807, 2.05) is 35.2 Å². The molecule has 1 heterocycles. The fourth-order valence-electron chi connectivity index (χ4n) is 2.54. The number of para-hydroxylation sites is 1. The number of hydrogen-bond acceptors (Lipinski definition) is 2. The first kappa shape index (κ1) is 13.2. The number of fused-ring (bicyclic) bond motifs is 1. The average Bonchev–Trinajstić information content (AvgIpc) is 2.90. The van der Waals surface area contributed by atoms with Crippen LogP contribution in [0, 0.1) is 0 Å². The molecule has 20 heavy (non-hydrogen) atoms. The van der Waals surface area contributed by atoms with E-state index in [2.05, 4.69) is 22.0 Å². The van der Waals surface area contributed by atoms with Gasteiger partial charge in [0.25, 0.3) is 5.91 Å². The Hall–Kier alpha value is -1.81. The highest BCUT2D eigenvalue weighted by Crippen LogP contribution is 2.31. The number of hydrogen-bond donors (Lipinski definition) is 0. The van der Waals surface area contributed by atoms with Crippen molar-refractivity contribution in [1.82, 2.24) is 0 Å². The second-order valence-corrected chi connectivity index (χ2v) is 5.60. The lowest BCUT2D eigenvalue weighted by molar-refractivity contribution is 0.0986. The van der Waals surface area contributed by atoms with E-state index in [0.29, 0.717) is 17.9 Å². The molecule has 4 heteroatoms. The fourth-order valence-corrected chi connectivity index (χ4v) is 2.90. The maximum atomic E-state index is 12.8. The van der Waals surface area contributed by atoms with Crippen LogP contribution >= 0.6 is 15.9 Å². The first-order chi connectivity index (χ1) is 9.70. The summed E-state index contributed by atoms with van der Waals surface area (Å²) < 4.78 is 6.17. The number of amides is 1. The number of benzene rings is 2. The maximum absolute atomic E-state index is 12.8. The van der Waals surface area contributed by atoms with Crippen molar-refractivity contribution in [3.8, 4) is 5.75 Å². The molecule has 3 nitrogen and oxygen atoms in total. The van der Waals surface area contributed by atoms with Gasteiger partial charge in [-0.2, -0.15) is 0 Å². The third-order valence-corrected chi connectivity index (χ3v) is 4.02. The van der Waals surface area contributed by atoms with Crippen LogP contribution in [0.15, 0.2) is 46.9 Å². The van der Waals surface area contributed by atoms with Gasteiger partial charge in [-0.1, -0.05) is 34.1 Å². The van der Waals surface area contributed by atoms with E-state index in [-0.39, 0.29) is 5.91 Å². The van der Waals surface area contributed by atoms with Gasteiger partial charge in [0, 0.05) is 16.7 Å². The van der Waals surface area contributed by atoms with Crippen LogP contribution < -0.4 is 9.64 Å². The lowest BCUT2D eigenvalue weighted by Gasteiger charge is -2.19. The van der Waals surface area contributed by atoms with Gasteiger partial charge in [0.15, 0.2) is 0 Å². The third-order valence-electron chi connectivity index (χ3n) is 3.52. The normalized spacial score (nSPS) is 13.2. The first-order valence-corrected chi connectivity index (χ1v) is 7.23. The zero-order valence-electron chi connectivity index (χ0n) is 11.1. The molecule has 0 saturated carbocycles. The lowest BCUT2D eigenvalue weighted by atomic mass is 10.1. The number of carbonyl (C=O) groups excluding carboxylic acids is 1. The molecule has 1 aliphatic heterocycles. The zero-order chi connectivity index (χ0) is 14.1. The summed E-state index contributed by atoms with van der Waals surface area (Å²) in [5.74, 6) is 0.579. The summed E-state index contributed by atoms with van der Waals surface area (Å²) in [4.78, 5) is 14.6. The van der Waals surface area contributed by atoms with Crippen molar-refractivity contribution in [2.75, 3.05) is 18.6 Å². The van der Waals surface area contributed by atoms with Crippen molar-refractivity contribution in [3.05, 3.63) is 58.1 Å². The van der Waals surface area contributed by atoms with Gasteiger partial charge in [-0.3, -0.25) is 4.79 Å². The molecular weight excluding hydrogens is 318 g/mol. The monoisotopic (exact) mass is 331 g/mol. The summed E-state index contributed by atoms with van der Waals surface area (Å²) in [6.07, 6.45) is 0.901. The minimum Gasteiger partial charge on any atom is -0.496 e. The van der Waals surface area contributed by atoms with Crippen LogP contribution in [-0.4, -0.2) is 19.6 Å². The minimum absolute atomic E-state index is 0.0203. The van der Waals surface area contributed by atoms with E-state index >= 15 is 0 Å². The topological polar surface area (TPSA) is 29.5 Å². The fraction of sp³-hybridized carbons (Fsp3) is 0.188. The Bertz CT molecular complexity index is 669. The molecule has 1 aliphatic rings. The molecule has 102 valence electrons. The molecule has 0 saturated heterocycles. The highest BCUT2D eigenvalue weighted by atomic mass is 79.9. The number of rotatable bonds is 2. The van der Waals surface area contributed by atoms with Crippen LogP contribution in [0.4, 0.5) is 5.69 Å². The van der Waals surface area contributed by atoms with Crippen molar-refractivity contribution in [1.29, 1.82) is 0 Å². The zero-order valence-corrected chi connectivity index (χ0v) is 12.7. The highest BCUT2D eigenvalue weighted by Gasteiger charge is 2.27. The van der Waals surface area contributed by atoms with E-state index in [1.54, 1.807) is 13.2 Å². The van der Waals surface area contributed by atoms with Crippen molar-refractivity contribution in [3.63, 3.8) is 0 Å². The van der Waals surface area contributed by atoms with Gasteiger partial charge in [0.05, 0.1) is 12.7 Å². The van der Waals surface area contributed by atoms with Gasteiger partial charge >= 0.3 is 0 Å². The Labute approximate surface area is 126 Å². The summed E-state index contributed by atoms with van der Waals surface area (Å²) in [7, 11) is 1.58. The minimum atomic E-state index is -0.0203. The van der Waals surface area contributed by atoms with E-state index in [1.165, 1.54) is 5.56 Å². The van der Waals surface area contributed by atoms with Crippen LogP contribution in [0.5, 0.6) is 5.75 Å². The summed E-state index contributed by atoms with van der Waals surface area (Å²) in [5, 5.41) is 0. The van der Waals surface area contributed by atoms with E-state index in [4.69, 9.17) is 4.74 Å². The molecule has 0 radical (unpaired) electrons. The standard InChI is InChI=1S/C16H14BrNO2/c1-20-15-7-6-12(17)10-13(15)16(19)18-9-8-11-4-2-3-5-14(11)18/h2-7,10H,8-9H2,1H3. The highest BCUT2D eigenvalue weighted by molar-refractivity contribution is 9.10. The molecule has 0 fully saturated rings. The number of ether oxygens (including phenoxy) is 1. The Morgan fingerprint density at radius 3 is 2.85 bits per heavy atom. The van der Waals surface area contributed by atoms with Crippen LogP contribution in [0.25, 0.3) is 0 Å². The molecule has 0 aromatic heterocycles. The number of nitrogens with zero attached hydrogens (tertiary/aromatic N) is 1. The quantitative estimate of drug-likeness (QED) is 0.840. The van der Waals surface area contributed by atoms with Crippen molar-refractivity contribution in [2.24, 2.45) is 0 Å². The SMILES string of the molecule is COc1ccc(Br)cc1C(=O)N1CCc2ccccc21. The van der Waals surface area contributed by atoms with Gasteiger partial charge in [-0.25, -0.2) is 0 Å². The van der Waals surface area contributed by atoms with Crippen molar-refractivity contribution in [2.45, 2.75) is 6.42 Å². The Morgan fingerprint density at radius 1 is 1.25 bits per heavy atom. The maximum Gasteiger partial charge on any atom is 0.262 e.